The van der Waals surface area contributed by atoms with E-state index in [-0.39, 0.29) is 19.1 Å². The van der Waals surface area contributed by atoms with Gasteiger partial charge in [-0.3, -0.25) is 4.79 Å². The lowest BCUT2D eigenvalue weighted by atomic mass is 10.00. The third kappa shape index (κ3) is 6.00. The molecule has 0 spiro atoms. The standard InChI is InChI=1S/C25H28N4O3/c1-18-17-20(23-5-3-4-6-25(23)29(13-15-30)14-16-31)7-12-24(18)28-27-22-10-8-21(9-11-22)26-19(2)32/h3-12,17,30-31H,13-16H2,1-2H3,(H,26,32). The van der Waals surface area contributed by atoms with Crippen LogP contribution in [-0.4, -0.2) is 42.4 Å². The van der Waals surface area contributed by atoms with Gasteiger partial charge in [0.25, 0.3) is 0 Å². The first-order valence-electron chi connectivity index (χ1n) is 10.5. The van der Waals surface area contributed by atoms with Gasteiger partial charge < -0.3 is 20.4 Å². The van der Waals surface area contributed by atoms with E-state index in [2.05, 4.69) is 21.6 Å². The number of aliphatic hydroxyl groups excluding tert-OH is 2. The van der Waals surface area contributed by atoms with E-state index in [4.69, 9.17) is 0 Å². The van der Waals surface area contributed by atoms with Crippen LogP contribution in [0.5, 0.6) is 0 Å². The van der Waals surface area contributed by atoms with E-state index < -0.39 is 0 Å². The Morgan fingerprint density at radius 1 is 0.938 bits per heavy atom. The number of hydrogen-bond acceptors (Lipinski definition) is 6. The average Bonchev–Trinajstić information content (AvgIpc) is 2.79. The molecule has 0 atom stereocenters. The van der Waals surface area contributed by atoms with Crippen LogP contribution < -0.4 is 10.2 Å². The topological polar surface area (TPSA) is 97.5 Å². The summed E-state index contributed by atoms with van der Waals surface area (Å²) in [6.07, 6.45) is 0. The molecule has 32 heavy (non-hydrogen) atoms. The molecule has 0 aliphatic carbocycles. The van der Waals surface area contributed by atoms with Crippen LogP contribution in [0.25, 0.3) is 11.1 Å². The SMILES string of the molecule is CC(=O)Nc1ccc(N=Nc2ccc(-c3ccccc3N(CCO)CCO)cc2C)cc1. The molecule has 3 rings (SSSR count). The van der Waals surface area contributed by atoms with Crippen molar-refractivity contribution in [1.29, 1.82) is 0 Å². The minimum atomic E-state index is -0.118. The van der Waals surface area contributed by atoms with Crippen molar-refractivity contribution in [2.75, 3.05) is 36.5 Å². The zero-order valence-corrected chi connectivity index (χ0v) is 18.3. The fourth-order valence-electron chi connectivity index (χ4n) is 3.45. The van der Waals surface area contributed by atoms with Crippen molar-refractivity contribution < 1.29 is 15.0 Å². The van der Waals surface area contributed by atoms with Crippen LogP contribution in [0.2, 0.25) is 0 Å². The van der Waals surface area contributed by atoms with Crippen LogP contribution in [-0.2, 0) is 4.79 Å². The Balaban J connectivity index is 1.83. The molecule has 0 bridgehead atoms. The van der Waals surface area contributed by atoms with Gasteiger partial charge in [-0.15, -0.1) is 0 Å². The van der Waals surface area contributed by atoms with Gasteiger partial charge in [0.2, 0.25) is 5.91 Å². The number of hydrogen-bond donors (Lipinski definition) is 3. The summed E-state index contributed by atoms with van der Waals surface area (Å²) in [6, 6.07) is 21.1. The van der Waals surface area contributed by atoms with E-state index in [1.807, 2.05) is 48.2 Å². The number of anilines is 2. The van der Waals surface area contributed by atoms with Crippen molar-refractivity contribution in [1.82, 2.24) is 0 Å². The van der Waals surface area contributed by atoms with E-state index in [9.17, 15) is 15.0 Å². The number of benzene rings is 3. The average molecular weight is 433 g/mol. The van der Waals surface area contributed by atoms with Gasteiger partial charge in [-0.05, 0) is 60.5 Å². The fourth-order valence-corrected chi connectivity index (χ4v) is 3.45. The molecule has 7 nitrogen and oxygen atoms in total. The van der Waals surface area contributed by atoms with Crippen LogP contribution in [0.15, 0.2) is 77.0 Å². The van der Waals surface area contributed by atoms with Gasteiger partial charge in [-0.25, -0.2) is 0 Å². The van der Waals surface area contributed by atoms with Crippen molar-refractivity contribution in [3.8, 4) is 11.1 Å². The van der Waals surface area contributed by atoms with Crippen molar-refractivity contribution >= 4 is 28.7 Å². The van der Waals surface area contributed by atoms with Crippen LogP contribution in [0, 0.1) is 6.92 Å². The molecule has 0 aromatic heterocycles. The number of carbonyl (C=O) groups excluding carboxylic acids is 1. The van der Waals surface area contributed by atoms with Crippen molar-refractivity contribution in [2.24, 2.45) is 10.2 Å². The van der Waals surface area contributed by atoms with E-state index in [0.29, 0.717) is 24.5 Å². The maximum atomic E-state index is 11.1. The number of amides is 1. The minimum absolute atomic E-state index is 0.0124. The predicted molar refractivity (Wildman–Crippen MR) is 128 cm³/mol. The first kappa shape index (κ1) is 23.1. The summed E-state index contributed by atoms with van der Waals surface area (Å²) in [6.45, 7) is 4.37. The smallest absolute Gasteiger partial charge is 0.221 e. The number of aryl methyl sites for hydroxylation is 1. The number of carbonyl (C=O) groups is 1. The van der Waals surface area contributed by atoms with Crippen LogP contribution in [0.3, 0.4) is 0 Å². The Bertz CT molecular complexity index is 1070. The van der Waals surface area contributed by atoms with Crippen LogP contribution >= 0.6 is 0 Å². The molecule has 0 aliphatic rings. The van der Waals surface area contributed by atoms with E-state index in [1.165, 1.54) is 6.92 Å². The molecular formula is C25H28N4O3. The molecule has 1 amide bonds. The quantitative estimate of drug-likeness (QED) is 0.422. The Labute approximate surface area is 188 Å². The minimum Gasteiger partial charge on any atom is -0.395 e. The lowest BCUT2D eigenvalue weighted by molar-refractivity contribution is -0.114. The zero-order chi connectivity index (χ0) is 22.9. The third-order valence-electron chi connectivity index (χ3n) is 4.95. The molecule has 0 saturated heterocycles. The summed E-state index contributed by atoms with van der Waals surface area (Å²) in [5.74, 6) is -0.118. The monoisotopic (exact) mass is 432 g/mol. The predicted octanol–water partition coefficient (Wildman–Crippen LogP) is 4.83. The normalized spacial score (nSPS) is 11.0. The molecule has 0 fully saturated rings. The molecule has 0 saturated carbocycles. The molecule has 7 heteroatoms. The van der Waals surface area contributed by atoms with Crippen molar-refractivity contribution in [3.63, 3.8) is 0 Å². The van der Waals surface area contributed by atoms with Gasteiger partial charge in [0.05, 0.1) is 24.6 Å². The lowest BCUT2D eigenvalue weighted by Crippen LogP contribution is -2.30. The Hall–Kier alpha value is -3.55. The van der Waals surface area contributed by atoms with Gasteiger partial charge in [-0.2, -0.15) is 10.2 Å². The van der Waals surface area contributed by atoms with E-state index >= 15 is 0 Å². The fraction of sp³-hybridized carbons (Fsp3) is 0.240. The second kappa shape index (κ2) is 11.2. The molecule has 0 radical (unpaired) electrons. The van der Waals surface area contributed by atoms with Gasteiger partial charge >= 0.3 is 0 Å². The highest BCUT2D eigenvalue weighted by atomic mass is 16.3. The Morgan fingerprint density at radius 2 is 1.62 bits per heavy atom. The maximum absolute atomic E-state index is 11.1. The molecule has 0 heterocycles. The Kier molecular flexibility index (Phi) is 8.08. The van der Waals surface area contributed by atoms with Gasteiger partial charge in [0.15, 0.2) is 0 Å². The van der Waals surface area contributed by atoms with E-state index in [0.717, 1.165) is 28.1 Å². The maximum Gasteiger partial charge on any atom is 0.221 e. The van der Waals surface area contributed by atoms with Gasteiger partial charge in [0.1, 0.15) is 0 Å². The molecule has 3 aromatic rings. The number of para-hydroxylation sites is 1. The second-order valence-electron chi connectivity index (χ2n) is 7.38. The number of nitrogens with zero attached hydrogens (tertiary/aromatic N) is 3. The number of azo groups is 1. The summed E-state index contributed by atoms with van der Waals surface area (Å²) in [5, 5.41) is 30.2. The number of aliphatic hydroxyl groups is 2. The first-order valence-corrected chi connectivity index (χ1v) is 10.5. The second-order valence-corrected chi connectivity index (χ2v) is 7.38. The van der Waals surface area contributed by atoms with Gasteiger partial charge in [0, 0.05) is 37.0 Å². The Morgan fingerprint density at radius 3 is 2.25 bits per heavy atom. The summed E-state index contributed by atoms with van der Waals surface area (Å²) in [4.78, 5) is 13.1. The highest BCUT2D eigenvalue weighted by Crippen LogP contribution is 2.34. The highest BCUT2D eigenvalue weighted by Gasteiger charge is 2.12. The summed E-state index contributed by atoms with van der Waals surface area (Å²) >= 11 is 0. The molecular weight excluding hydrogens is 404 g/mol. The van der Waals surface area contributed by atoms with Crippen molar-refractivity contribution in [2.45, 2.75) is 13.8 Å². The van der Waals surface area contributed by atoms with Crippen LogP contribution in [0.1, 0.15) is 12.5 Å². The van der Waals surface area contributed by atoms with Crippen LogP contribution in [0.4, 0.5) is 22.7 Å². The summed E-state index contributed by atoms with van der Waals surface area (Å²) in [7, 11) is 0. The summed E-state index contributed by atoms with van der Waals surface area (Å²) < 4.78 is 0. The largest absolute Gasteiger partial charge is 0.395 e. The van der Waals surface area contributed by atoms with E-state index in [1.54, 1.807) is 24.3 Å². The lowest BCUT2D eigenvalue weighted by Gasteiger charge is -2.26. The molecule has 166 valence electrons. The molecule has 3 aromatic carbocycles. The zero-order valence-electron chi connectivity index (χ0n) is 18.3. The summed E-state index contributed by atoms with van der Waals surface area (Å²) in [5.41, 5.74) is 6.16. The molecule has 0 unspecified atom stereocenters. The highest BCUT2D eigenvalue weighted by molar-refractivity contribution is 5.88. The third-order valence-corrected chi connectivity index (χ3v) is 4.95. The molecule has 0 aliphatic heterocycles. The van der Waals surface area contributed by atoms with Crippen molar-refractivity contribution in [3.05, 3.63) is 72.3 Å². The van der Waals surface area contributed by atoms with Gasteiger partial charge in [-0.1, -0.05) is 24.3 Å². The first-order chi connectivity index (χ1) is 15.5. The number of rotatable bonds is 9. The number of nitrogens with one attached hydrogen (secondary N) is 1. The molecule has 3 N–H and O–H groups in total.